The number of hydrogen-bond donors (Lipinski definition) is 2. The first kappa shape index (κ1) is 11.0. The highest BCUT2D eigenvalue weighted by Gasteiger charge is 2.06. The third-order valence-electron chi connectivity index (χ3n) is 1.95. The van der Waals surface area contributed by atoms with Gasteiger partial charge in [-0.25, -0.2) is 4.79 Å². The second-order valence-electron chi connectivity index (χ2n) is 2.84. The Hall–Kier alpha value is -2.10. The quantitative estimate of drug-likeness (QED) is 0.577. The summed E-state index contributed by atoms with van der Waals surface area (Å²) >= 11 is 0. The lowest BCUT2D eigenvalue weighted by atomic mass is 10.0. The predicted octanol–water partition coefficient (Wildman–Crippen LogP) is 1.42. The zero-order chi connectivity index (χ0) is 11.3. The van der Waals surface area contributed by atoms with Gasteiger partial charge in [-0.05, 0) is 17.7 Å². The number of benzene rings is 1. The van der Waals surface area contributed by atoms with Gasteiger partial charge in [-0.15, -0.1) is 0 Å². The number of nitrogens with two attached hydrogens (primary N) is 1. The zero-order valence-electron chi connectivity index (χ0n) is 8.36. The number of rotatable bonds is 3. The maximum Gasteiger partial charge on any atom is 0.337 e. The van der Waals surface area contributed by atoms with Gasteiger partial charge in [0.15, 0.2) is 0 Å². The van der Waals surface area contributed by atoms with Crippen molar-refractivity contribution in [1.82, 2.24) is 0 Å². The molecule has 1 aromatic carbocycles. The van der Waals surface area contributed by atoms with Gasteiger partial charge in [0.05, 0.1) is 12.7 Å². The molecule has 4 heteroatoms. The molecule has 4 nitrogen and oxygen atoms in total. The third kappa shape index (κ3) is 2.43. The van der Waals surface area contributed by atoms with Crippen LogP contribution in [0.4, 0.5) is 0 Å². The molecule has 15 heavy (non-hydrogen) atoms. The summed E-state index contributed by atoms with van der Waals surface area (Å²) in [5.74, 6) is -0.404. The molecule has 0 radical (unpaired) electrons. The van der Waals surface area contributed by atoms with E-state index in [1.165, 1.54) is 13.3 Å². The first-order valence-electron chi connectivity index (χ1n) is 4.34. The van der Waals surface area contributed by atoms with E-state index in [1.54, 1.807) is 24.3 Å². The Kier molecular flexibility index (Phi) is 3.62. The predicted molar refractivity (Wildman–Crippen MR) is 58.7 cm³/mol. The fourth-order valence-corrected chi connectivity index (χ4v) is 1.17. The van der Waals surface area contributed by atoms with E-state index in [0.717, 1.165) is 11.8 Å². The average molecular weight is 204 g/mol. The molecule has 3 N–H and O–H groups in total. The second-order valence-corrected chi connectivity index (χ2v) is 2.84. The van der Waals surface area contributed by atoms with Gasteiger partial charge >= 0.3 is 5.97 Å². The molecule has 1 aromatic rings. The molecule has 0 amide bonds. The first-order valence-corrected chi connectivity index (χ1v) is 4.34. The molecule has 0 atom stereocenters. The second kappa shape index (κ2) is 4.95. The fourth-order valence-electron chi connectivity index (χ4n) is 1.17. The Bertz CT molecular complexity index is 411. The Balaban J connectivity index is 3.12. The van der Waals surface area contributed by atoms with Gasteiger partial charge in [0, 0.05) is 18.0 Å². The topological polar surface area (TPSA) is 76.2 Å². The minimum absolute atomic E-state index is 0.404. The van der Waals surface area contributed by atoms with Crippen LogP contribution in [0.25, 0.3) is 5.57 Å². The van der Waals surface area contributed by atoms with Crippen LogP contribution in [0.1, 0.15) is 15.9 Å². The number of methoxy groups -OCH3 is 1. The molecule has 0 bridgehead atoms. The third-order valence-corrected chi connectivity index (χ3v) is 1.95. The van der Waals surface area contributed by atoms with Crippen LogP contribution in [-0.4, -0.2) is 19.3 Å². The van der Waals surface area contributed by atoms with Crippen LogP contribution in [0, 0.1) is 5.41 Å². The maximum atomic E-state index is 11.2. The van der Waals surface area contributed by atoms with Crippen LogP contribution >= 0.6 is 0 Å². The molecular weight excluding hydrogens is 192 g/mol. The summed E-state index contributed by atoms with van der Waals surface area (Å²) in [5, 5.41) is 7.13. The highest BCUT2D eigenvalue weighted by molar-refractivity contribution is 6.08. The number of allylic oxidation sites excluding steroid dienone is 1. The number of carbonyl (C=O) groups excluding carboxylic acids is 1. The van der Waals surface area contributed by atoms with Crippen molar-refractivity contribution in [1.29, 1.82) is 5.41 Å². The normalized spacial score (nSPS) is 10.9. The van der Waals surface area contributed by atoms with Crippen molar-refractivity contribution in [2.75, 3.05) is 7.11 Å². The molecule has 0 unspecified atom stereocenters. The maximum absolute atomic E-state index is 11.2. The van der Waals surface area contributed by atoms with Crippen LogP contribution in [0.5, 0.6) is 0 Å². The lowest BCUT2D eigenvalue weighted by Crippen LogP contribution is -2.02. The Morgan fingerprint density at radius 3 is 2.67 bits per heavy atom. The molecule has 0 fully saturated rings. The van der Waals surface area contributed by atoms with Gasteiger partial charge in [0.1, 0.15) is 0 Å². The van der Waals surface area contributed by atoms with Gasteiger partial charge in [0.25, 0.3) is 0 Å². The van der Waals surface area contributed by atoms with Crippen LogP contribution in [0.15, 0.2) is 30.5 Å². The molecule has 0 aliphatic heterocycles. The van der Waals surface area contributed by atoms with Crippen molar-refractivity contribution in [2.24, 2.45) is 5.73 Å². The number of hydrogen-bond acceptors (Lipinski definition) is 4. The fraction of sp³-hybridized carbons (Fsp3) is 0.0909. The summed E-state index contributed by atoms with van der Waals surface area (Å²) in [6, 6.07) is 6.77. The summed E-state index contributed by atoms with van der Waals surface area (Å²) in [5.41, 5.74) is 7.06. The van der Waals surface area contributed by atoms with Crippen molar-refractivity contribution in [3.63, 3.8) is 0 Å². The molecule has 1 rings (SSSR count). The number of esters is 1. The summed E-state index contributed by atoms with van der Waals surface area (Å²) in [7, 11) is 1.32. The minimum atomic E-state index is -0.404. The molecule has 0 aromatic heterocycles. The summed E-state index contributed by atoms with van der Waals surface area (Å²) in [6.07, 6.45) is 2.46. The van der Waals surface area contributed by atoms with E-state index in [-0.39, 0.29) is 0 Å². The molecule has 0 saturated heterocycles. The molecule has 0 aliphatic carbocycles. The standard InChI is InChI=1S/C11H12N2O2/c1-15-11(14)9-4-2-3-8(5-9)10(6-12)7-13/h2-7,12H,13H2,1H3/b10-7+,12-6?. The van der Waals surface area contributed by atoms with E-state index in [9.17, 15) is 4.79 Å². The largest absolute Gasteiger partial charge is 0.465 e. The van der Waals surface area contributed by atoms with Gasteiger partial charge in [-0.1, -0.05) is 12.1 Å². The molecule has 0 saturated carbocycles. The van der Waals surface area contributed by atoms with Crippen LogP contribution < -0.4 is 5.73 Å². The Labute approximate surface area is 87.9 Å². The lowest BCUT2D eigenvalue weighted by molar-refractivity contribution is 0.0600. The van der Waals surface area contributed by atoms with E-state index >= 15 is 0 Å². The smallest absolute Gasteiger partial charge is 0.337 e. The summed E-state index contributed by atoms with van der Waals surface area (Å²) in [6.45, 7) is 0. The summed E-state index contributed by atoms with van der Waals surface area (Å²) < 4.78 is 4.59. The Morgan fingerprint density at radius 1 is 1.47 bits per heavy atom. The molecule has 0 spiro atoms. The van der Waals surface area contributed by atoms with Gasteiger partial charge in [0.2, 0.25) is 0 Å². The minimum Gasteiger partial charge on any atom is -0.465 e. The average Bonchev–Trinajstić information content (AvgIpc) is 2.30. The van der Waals surface area contributed by atoms with Crippen LogP contribution in [0.3, 0.4) is 0 Å². The van der Waals surface area contributed by atoms with Gasteiger partial charge in [-0.3, -0.25) is 0 Å². The molecule has 78 valence electrons. The molecular formula is C11H12N2O2. The van der Waals surface area contributed by atoms with Crippen molar-refractivity contribution >= 4 is 17.8 Å². The molecule has 0 aliphatic rings. The first-order chi connectivity index (χ1) is 7.22. The van der Waals surface area contributed by atoms with E-state index in [1.807, 2.05) is 0 Å². The summed E-state index contributed by atoms with van der Waals surface area (Å²) in [4.78, 5) is 11.2. The number of carbonyl (C=O) groups is 1. The van der Waals surface area contributed by atoms with Crippen molar-refractivity contribution < 1.29 is 9.53 Å². The number of ether oxygens (including phenoxy) is 1. The van der Waals surface area contributed by atoms with Crippen molar-refractivity contribution in [2.45, 2.75) is 0 Å². The van der Waals surface area contributed by atoms with E-state index < -0.39 is 5.97 Å². The van der Waals surface area contributed by atoms with E-state index in [2.05, 4.69) is 4.74 Å². The van der Waals surface area contributed by atoms with E-state index in [0.29, 0.717) is 11.1 Å². The lowest BCUT2D eigenvalue weighted by Gasteiger charge is -2.03. The van der Waals surface area contributed by atoms with E-state index in [4.69, 9.17) is 11.1 Å². The highest BCUT2D eigenvalue weighted by Crippen LogP contribution is 2.13. The zero-order valence-corrected chi connectivity index (χ0v) is 8.36. The van der Waals surface area contributed by atoms with Crippen molar-refractivity contribution in [3.05, 3.63) is 41.6 Å². The Morgan fingerprint density at radius 2 is 2.13 bits per heavy atom. The monoisotopic (exact) mass is 204 g/mol. The van der Waals surface area contributed by atoms with Crippen molar-refractivity contribution in [3.8, 4) is 0 Å². The van der Waals surface area contributed by atoms with Crippen LogP contribution in [0.2, 0.25) is 0 Å². The van der Waals surface area contributed by atoms with Crippen LogP contribution in [-0.2, 0) is 4.74 Å². The highest BCUT2D eigenvalue weighted by atomic mass is 16.5. The number of nitrogens with one attached hydrogen (secondary N) is 1. The molecule has 0 heterocycles. The SMILES string of the molecule is COC(=O)c1cccc(/C(C=N)=C/N)c1. The van der Waals surface area contributed by atoms with Gasteiger partial charge in [-0.2, -0.15) is 0 Å². The van der Waals surface area contributed by atoms with Gasteiger partial charge < -0.3 is 15.9 Å².